The zero-order chi connectivity index (χ0) is 17.2. The van der Waals surface area contributed by atoms with Crippen molar-refractivity contribution in [2.75, 3.05) is 39.4 Å². The van der Waals surface area contributed by atoms with Gasteiger partial charge in [0.15, 0.2) is 0 Å². The Morgan fingerprint density at radius 2 is 1.80 bits per heavy atom. The predicted octanol–water partition coefficient (Wildman–Crippen LogP) is 0.897. The van der Waals surface area contributed by atoms with Crippen LogP contribution < -0.4 is 10.1 Å². The number of nitrogens with zero attached hydrogens (tertiary/aromatic N) is 1. The van der Waals surface area contributed by atoms with Gasteiger partial charge in [0.05, 0.1) is 19.3 Å². The summed E-state index contributed by atoms with van der Waals surface area (Å²) in [6, 6.07) is 7.28. The number of benzene rings is 1. The van der Waals surface area contributed by atoms with Crippen LogP contribution in [0, 0.1) is 11.8 Å². The van der Waals surface area contributed by atoms with Gasteiger partial charge in [-0.3, -0.25) is 4.79 Å². The Bertz CT molecular complexity index is 600. The van der Waals surface area contributed by atoms with Crippen molar-refractivity contribution in [1.29, 1.82) is 0 Å². The van der Waals surface area contributed by atoms with E-state index >= 15 is 0 Å². The lowest BCUT2D eigenvalue weighted by Gasteiger charge is -2.35. The third-order valence-electron chi connectivity index (χ3n) is 5.68. The minimum Gasteiger partial charge on any atom is -0.488 e. The highest BCUT2D eigenvalue weighted by molar-refractivity contribution is 5.94. The lowest BCUT2D eigenvalue weighted by atomic mass is 9.78. The van der Waals surface area contributed by atoms with E-state index in [1.807, 2.05) is 29.2 Å². The number of aliphatic hydroxyl groups excluding tert-OH is 1. The Morgan fingerprint density at radius 1 is 1.12 bits per heavy atom. The average molecular weight is 346 g/mol. The van der Waals surface area contributed by atoms with Gasteiger partial charge in [0, 0.05) is 18.7 Å². The highest BCUT2D eigenvalue weighted by Crippen LogP contribution is 2.34. The van der Waals surface area contributed by atoms with Crippen LogP contribution in [0.2, 0.25) is 0 Å². The molecule has 25 heavy (non-hydrogen) atoms. The van der Waals surface area contributed by atoms with Crippen molar-refractivity contribution in [1.82, 2.24) is 10.2 Å². The zero-order valence-electron chi connectivity index (χ0n) is 14.4. The minimum atomic E-state index is -0.421. The predicted molar refractivity (Wildman–Crippen MR) is 92.7 cm³/mol. The van der Waals surface area contributed by atoms with Crippen LogP contribution in [0.5, 0.6) is 5.75 Å². The van der Waals surface area contributed by atoms with E-state index in [2.05, 4.69) is 5.32 Å². The smallest absolute Gasteiger partial charge is 0.254 e. The molecule has 6 heteroatoms. The number of ether oxygens (including phenoxy) is 2. The molecule has 0 spiro atoms. The molecule has 1 aromatic rings. The van der Waals surface area contributed by atoms with Gasteiger partial charge in [0.25, 0.3) is 5.91 Å². The molecular formula is C19H26N2O4. The maximum absolute atomic E-state index is 12.5. The Balaban J connectivity index is 1.37. The number of carbonyl (C=O) groups excluding carboxylic acids is 1. The molecule has 4 rings (SSSR count). The van der Waals surface area contributed by atoms with Gasteiger partial charge in [-0.1, -0.05) is 0 Å². The molecule has 1 aliphatic carbocycles. The molecule has 0 unspecified atom stereocenters. The second-order valence-corrected chi connectivity index (χ2v) is 7.30. The Kier molecular flexibility index (Phi) is 4.92. The number of fused-ring (bicyclic) bond motifs is 1. The first-order valence-electron chi connectivity index (χ1n) is 9.23. The van der Waals surface area contributed by atoms with E-state index < -0.39 is 6.10 Å². The number of amides is 1. The summed E-state index contributed by atoms with van der Waals surface area (Å²) in [5, 5.41) is 13.8. The molecule has 3 fully saturated rings. The van der Waals surface area contributed by atoms with Crippen molar-refractivity contribution in [3.63, 3.8) is 0 Å². The highest BCUT2D eigenvalue weighted by atomic mass is 16.5. The highest BCUT2D eigenvalue weighted by Gasteiger charge is 2.39. The zero-order valence-corrected chi connectivity index (χ0v) is 14.4. The van der Waals surface area contributed by atoms with Crippen molar-refractivity contribution in [3.8, 4) is 5.75 Å². The fraction of sp³-hybridized carbons (Fsp3) is 0.632. The lowest BCUT2D eigenvalue weighted by Crippen LogP contribution is -2.42. The van der Waals surface area contributed by atoms with Crippen molar-refractivity contribution in [2.45, 2.75) is 25.0 Å². The number of hydrogen-bond donors (Lipinski definition) is 2. The second-order valence-electron chi connectivity index (χ2n) is 7.30. The van der Waals surface area contributed by atoms with Crippen LogP contribution in [-0.4, -0.2) is 67.5 Å². The summed E-state index contributed by atoms with van der Waals surface area (Å²) >= 11 is 0. The van der Waals surface area contributed by atoms with E-state index in [9.17, 15) is 9.90 Å². The number of aliphatic hydroxyl groups is 1. The van der Waals surface area contributed by atoms with Gasteiger partial charge < -0.3 is 24.8 Å². The fourth-order valence-corrected chi connectivity index (χ4v) is 4.18. The van der Waals surface area contributed by atoms with Gasteiger partial charge in [0.1, 0.15) is 11.9 Å². The van der Waals surface area contributed by atoms with E-state index in [-0.39, 0.29) is 12.0 Å². The van der Waals surface area contributed by atoms with E-state index in [1.165, 1.54) is 0 Å². The van der Waals surface area contributed by atoms with Crippen LogP contribution in [0.3, 0.4) is 0 Å². The summed E-state index contributed by atoms with van der Waals surface area (Å²) in [6.45, 7) is 4.51. The standard InChI is InChI=1S/C19H26N2O4/c22-17-9-14-11-20-12-15(14)10-18(17)25-16-3-1-13(2-4-16)19(23)21-5-7-24-8-6-21/h1-4,14-15,17-18,20,22H,5-12H2/t14-,15+,17+,18+/m0/s1. The van der Waals surface area contributed by atoms with Crippen LogP contribution in [-0.2, 0) is 4.74 Å². The summed E-state index contributed by atoms with van der Waals surface area (Å²) < 4.78 is 11.3. The first-order valence-corrected chi connectivity index (χ1v) is 9.23. The molecule has 2 heterocycles. The van der Waals surface area contributed by atoms with Crippen LogP contribution >= 0.6 is 0 Å². The first kappa shape index (κ1) is 16.8. The first-order chi connectivity index (χ1) is 12.2. The van der Waals surface area contributed by atoms with Crippen LogP contribution in [0.4, 0.5) is 0 Å². The summed E-state index contributed by atoms with van der Waals surface area (Å²) in [5.41, 5.74) is 0.665. The van der Waals surface area contributed by atoms with Gasteiger partial charge in [-0.2, -0.15) is 0 Å². The maximum Gasteiger partial charge on any atom is 0.254 e. The van der Waals surface area contributed by atoms with Crippen molar-refractivity contribution in [3.05, 3.63) is 29.8 Å². The monoisotopic (exact) mass is 346 g/mol. The molecule has 1 saturated carbocycles. The molecule has 4 atom stereocenters. The molecule has 2 saturated heterocycles. The quantitative estimate of drug-likeness (QED) is 0.851. The number of rotatable bonds is 3. The van der Waals surface area contributed by atoms with E-state index in [0.29, 0.717) is 49.5 Å². The van der Waals surface area contributed by atoms with Gasteiger partial charge in [-0.25, -0.2) is 0 Å². The van der Waals surface area contributed by atoms with Gasteiger partial charge >= 0.3 is 0 Å². The SMILES string of the molecule is O=C(c1ccc(O[C@@H]2C[C@@H]3CNC[C@@H]3C[C@H]2O)cc1)N1CCOCC1. The van der Waals surface area contributed by atoms with Gasteiger partial charge in [-0.05, 0) is 62.0 Å². The summed E-state index contributed by atoms with van der Waals surface area (Å²) in [4.78, 5) is 14.3. The Labute approximate surface area is 148 Å². The Morgan fingerprint density at radius 3 is 2.52 bits per heavy atom. The third kappa shape index (κ3) is 3.66. The molecule has 0 aromatic heterocycles. The molecule has 2 aliphatic heterocycles. The summed E-state index contributed by atoms with van der Waals surface area (Å²) in [6.07, 6.45) is 1.10. The van der Waals surface area contributed by atoms with E-state index in [4.69, 9.17) is 9.47 Å². The topological polar surface area (TPSA) is 71.0 Å². The summed E-state index contributed by atoms with van der Waals surface area (Å²) in [7, 11) is 0. The van der Waals surface area contributed by atoms with Crippen LogP contribution in [0.25, 0.3) is 0 Å². The normalized spacial score (nSPS) is 32.3. The molecule has 0 radical (unpaired) electrons. The molecule has 1 aromatic carbocycles. The van der Waals surface area contributed by atoms with Gasteiger partial charge in [-0.15, -0.1) is 0 Å². The summed E-state index contributed by atoms with van der Waals surface area (Å²) in [5.74, 6) is 1.92. The fourth-order valence-electron chi connectivity index (χ4n) is 4.18. The number of carbonyl (C=O) groups is 1. The minimum absolute atomic E-state index is 0.0347. The van der Waals surface area contributed by atoms with E-state index in [1.54, 1.807) is 0 Å². The van der Waals surface area contributed by atoms with E-state index in [0.717, 1.165) is 25.9 Å². The van der Waals surface area contributed by atoms with Crippen LogP contribution in [0.15, 0.2) is 24.3 Å². The molecule has 2 N–H and O–H groups in total. The molecule has 0 bridgehead atoms. The van der Waals surface area contributed by atoms with Crippen molar-refractivity contribution < 1.29 is 19.4 Å². The molecule has 6 nitrogen and oxygen atoms in total. The van der Waals surface area contributed by atoms with Gasteiger partial charge in [0.2, 0.25) is 0 Å². The van der Waals surface area contributed by atoms with Crippen molar-refractivity contribution in [2.24, 2.45) is 11.8 Å². The number of hydrogen-bond acceptors (Lipinski definition) is 5. The van der Waals surface area contributed by atoms with Crippen molar-refractivity contribution >= 4 is 5.91 Å². The number of nitrogens with one attached hydrogen (secondary N) is 1. The maximum atomic E-state index is 12.5. The molecular weight excluding hydrogens is 320 g/mol. The third-order valence-corrected chi connectivity index (χ3v) is 5.68. The molecule has 3 aliphatic rings. The second kappa shape index (κ2) is 7.32. The largest absolute Gasteiger partial charge is 0.488 e. The molecule has 1 amide bonds. The Hall–Kier alpha value is -1.63. The van der Waals surface area contributed by atoms with Crippen LogP contribution in [0.1, 0.15) is 23.2 Å². The number of morpholine rings is 1. The molecule has 136 valence electrons. The lowest BCUT2D eigenvalue weighted by molar-refractivity contribution is -0.0231. The average Bonchev–Trinajstić information content (AvgIpc) is 3.10.